The number of pyridine rings is 1. The fourth-order valence-corrected chi connectivity index (χ4v) is 3.80. The molecule has 2 aromatic heterocycles. The van der Waals surface area contributed by atoms with Crippen molar-refractivity contribution in [1.29, 1.82) is 0 Å². The number of fused-ring (bicyclic) bond motifs is 1. The van der Waals surface area contributed by atoms with Crippen molar-refractivity contribution in [2.24, 2.45) is 7.05 Å². The van der Waals surface area contributed by atoms with Crippen molar-refractivity contribution in [2.45, 2.75) is 40.2 Å². The number of benzene rings is 2. The van der Waals surface area contributed by atoms with Crippen molar-refractivity contribution < 1.29 is 9.53 Å². The SMILES string of the molecule is CC.CC(C)c1c(C(=O)c2ccc(OCc3ccccc3)cc2)c2ccncc2n1C. The molecule has 4 nitrogen and oxygen atoms in total. The molecule has 2 heterocycles. The van der Waals surface area contributed by atoms with Gasteiger partial charge in [0, 0.05) is 29.9 Å². The van der Waals surface area contributed by atoms with Gasteiger partial charge in [0.1, 0.15) is 12.4 Å². The first-order valence-corrected chi connectivity index (χ1v) is 10.8. The average Bonchev–Trinajstić information content (AvgIpc) is 3.12. The number of carbonyl (C=O) groups is 1. The number of hydrogen-bond donors (Lipinski definition) is 0. The first-order chi connectivity index (χ1) is 15.1. The summed E-state index contributed by atoms with van der Waals surface area (Å²) in [5.41, 5.74) is 4.53. The van der Waals surface area contributed by atoms with Gasteiger partial charge in [-0.15, -0.1) is 0 Å². The van der Waals surface area contributed by atoms with Crippen LogP contribution in [0.3, 0.4) is 0 Å². The van der Waals surface area contributed by atoms with Crippen LogP contribution in [0.5, 0.6) is 5.75 Å². The summed E-state index contributed by atoms with van der Waals surface area (Å²) in [6.07, 6.45) is 3.56. The molecule has 4 rings (SSSR count). The van der Waals surface area contributed by atoms with E-state index in [0.717, 1.165) is 33.5 Å². The van der Waals surface area contributed by atoms with E-state index in [1.165, 1.54) is 0 Å². The molecule has 160 valence electrons. The molecule has 0 aliphatic carbocycles. The van der Waals surface area contributed by atoms with Crippen molar-refractivity contribution in [1.82, 2.24) is 9.55 Å². The Balaban J connectivity index is 0.00000132. The Kier molecular flexibility index (Phi) is 7.24. The van der Waals surface area contributed by atoms with Crippen LogP contribution in [0.2, 0.25) is 0 Å². The highest BCUT2D eigenvalue weighted by Crippen LogP contribution is 2.32. The van der Waals surface area contributed by atoms with Crippen molar-refractivity contribution in [2.75, 3.05) is 0 Å². The van der Waals surface area contributed by atoms with Crippen LogP contribution in [0.25, 0.3) is 10.9 Å². The van der Waals surface area contributed by atoms with E-state index < -0.39 is 0 Å². The van der Waals surface area contributed by atoms with Gasteiger partial charge in [-0.3, -0.25) is 9.78 Å². The molecule has 0 aliphatic rings. The molecule has 4 heteroatoms. The molecule has 0 spiro atoms. The summed E-state index contributed by atoms with van der Waals surface area (Å²) < 4.78 is 7.93. The van der Waals surface area contributed by atoms with Crippen molar-refractivity contribution in [3.8, 4) is 5.75 Å². The maximum absolute atomic E-state index is 13.4. The smallest absolute Gasteiger partial charge is 0.195 e. The molecular weight excluding hydrogens is 384 g/mol. The largest absolute Gasteiger partial charge is 0.489 e. The third-order valence-electron chi connectivity index (χ3n) is 5.19. The highest BCUT2D eigenvalue weighted by molar-refractivity contribution is 6.17. The summed E-state index contributed by atoms with van der Waals surface area (Å²) in [7, 11) is 2.00. The molecule has 31 heavy (non-hydrogen) atoms. The van der Waals surface area contributed by atoms with E-state index in [2.05, 4.69) is 23.4 Å². The molecule has 0 saturated carbocycles. The van der Waals surface area contributed by atoms with E-state index in [-0.39, 0.29) is 11.7 Å². The van der Waals surface area contributed by atoms with Crippen LogP contribution in [-0.2, 0) is 13.7 Å². The van der Waals surface area contributed by atoms with Gasteiger partial charge in [-0.2, -0.15) is 0 Å². The molecule has 0 unspecified atom stereocenters. The number of ether oxygens (including phenoxy) is 1. The van der Waals surface area contributed by atoms with Crippen LogP contribution in [0, 0.1) is 0 Å². The van der Waals surface area contributed by atoms with E-state index >= 15 is 0 Å². The standard InChI is InChI=1S/C25H24N2O2.C2H6/c1-17(2)24-23(21-13-14-26-15-22(21)27(24)3)25(28)19-9-11-20(12-10-19)29-16-18-7-5-4-6-8-18;1-2/h4-15,17H,16H2,1-3H3;1-2H3. The number of carbonyl (C=O) groups excluding carboxylic acids is 1. The van der Waals surface area contributed by atoms with Crippen LogP contribution in [0.15, 0.2) is 73.1 Å². The molecular formula is C27H30N2O2. The Labute approximate surface area is 184 Å². The molecule has 0 saturated heterocycles. The fraction of sp³-hybridized carbons (Fsp3) is 0.259. The lowest BCUT2D eigenvalue weighted by Gasteiger charge is -2.11. The molecule has 0 radical (unpaired) electrons. The van der Waals surface area contributed by atoms with E-state index in [0.29, 0.717) is 12.2 Å². The molecule has 0 bridgehead atoms. The van der Waals surface area contributed by atoms with Crippen LogP contribution >= 0.6 is 0 Å². The first kappa shape index (κ1) is 22.3. The first-order valence-electron chi connectivity index (χ1n) is 10.8. The summed E-state index contributed by atoms with van der Waals surface area (Å²) in [5.74, 6) is 0.997. The molecule has 0 fully saturated rings. The van der Waals surface area contributed by atoms with Gasteiger partial charge in [-0.05, 0) is 41.8 Å². The van der Waals surface area contributed by atoms with Gasteiger partial charge >= 0.3 is 0 Å². The zero-order valence-corrected chi connectivity index (χ0v) is 18.9. The summed E-state index contributed by atoms with van der Waals surface area (Å²) in [6.45, 7) is 8.72. The average molecular weight is 415 g/mol. The molecule has 0 N–H and O–H groups in total. The van der Waals surface area contributed by atoms with Gasteiger partial charge in [0.25, 0.3) is 0 Å². The Morgan fingerprint density at radius 3 is 2.32 bits per heavy atom. The number of hydrogen-bond acceptors (Lipinski definition) is 3. The highest BCUT2D eigenvalue weighted by Gasteiger charge is 2.24. The van der Waals surface area contributed by atoms with E-state index in [1.54, 1.807) is 6.20 Å². The lowest BCUT2D eigenvalue weighted by atomic mass is 9.96. The third-order valence-corrected chi connectivity index (χ3v) is 5.19. The summed E-state index contributed by atoms with van der Waals surface area (Å²) in [5, 5.41) is 0.945. The molecule has 2 aromatic carbocycles. The Hall–Kier alpha value is -3.40. The minimum Gasteiger partial charge on any atom is -0.489 e. The van der Waals surface area contributed by atoms with E-state index in [9.17, 15) is 4.79 Å². The zero-order chi connectivity index (χ0) is 22.4. The Morgan fingerprint density at radius 2 is 1.68 bits per heavy atom. The molecule has 0 atom stereocenters. The molecule has 0 amide bonds. The second-order valence-corrected chi connectivity index (χ2v) is 7.49. The lowest BCUT2D eigenvalue weighted by Crippen LogP contribution is -2.08. The van der Waals surface area contributed by atoms with Crippen LogP contribution in [-0.4, -0.2) is 15.3 Å². The highest BCUT2D eigenvalue weighted by atomic mass is 16.5. The maximum atomic E-state index is 13.4. The van der Waals surface area contributed by atoms with Gasteiger partial charge in [-0.1, -0.05) is 58.0 Å². The normalized spacial score (nSPS) is 10.6. The maximum Gasteiger partial charge on any atom is 0.195 e. The number of nitrogens with zero attached hydrogens (tertiary/aromatic N) is 2. The predicted molar refractivity (Wildman–Crippen MR) is 127 cm³/mol. The van der Waals surface area contributed by atoms with Crippen molar-refractivity contribution >= 4 is 16.7 Å². The van der Waals surface area contributed by atoms with Crippen molar-refractivity contribution in [3.05, 3.63) is 95.4 Å². The van der Waals surface area contributed by atoms with Crippen LogP contribution < -0.4 is 4.74 Å². The Morgan fingerprint density at radius 1 is 1.00 bits per heavy atom. The quantitative estimate of drug-likeness (QED) is 0.337. The van der Waals surface area contributed by atoms with Gasteiger partial charge in [0.2, 0.25) is 0 Å². The minimum absolute atomic E-state index is 0.0279. The topological polar surface area (TPSA) is 44.1 Å². The van der Waals surface area contributed by atoms with Gasteiger partial charge in [-0.25, -0.2) is 0 Å². The summed E-state index contributed by atoms with van der Waals surface area (Å²) >= 11 is 0. The number of aromatic nitrogens is 2. The van der Waals surface area contributed by atoms with Crippen molar-refractivity contribution in [3.63, 3.8) is 0 Å². The Bertz CT molecular complexity index is 1140. The van der Waals surface area contributed by atoms with Crippen LogP contribution in [0.1, 0.15) is 60.8 Å². The van der Waals surface area contributed by atoms with Crippen LogP contribution in [0.4, 0.5) is 0 Å². The van der Waals surface area contributed by atoms with Gasteiger partial charge in [0.05, 0.1) is 17.3 Å². The second-order valence-electron chi connectivity index (χ2n) is 7.49. The third kappa shape index (κ3) is 4.69. The summed E-state index contributed by atoms with van der Waals surface area (Å²) in [4.78, 5) is 17.6. The lowest BCUT2D eigenvalue weighted by molar-refractivity contribution is 0.103. The number of aryl methyl sites for hydroxylation is 1. The monoisotopic (exact) mass is 414 g/mol. The minimum atomic E-state index is 0.0279. The van der Waals surface area contributed by atoms with E-state index in [1.807, 2.05) is 87.8 Å². The summed E-state index contributed by atoms with van der Waals surface area (Å²) in [6, 6.07) is 19.3. The van der Waals surface area contributed by atoms with Gasteiger partial charge < -0.3 is 9.30 Å². The number of ketones is 1. The van der Waals surface area contributed by atoms with Gasteiger partial charge in [0.15, 0.2) is 5.78 Å². The zero-order valence-electron chi connectivity index (χ0n) is 18.9. The molecule has 0 aliphatic heterocycles. The predicted octanol–water partition coefficient (Wildman–Crippen LogP) is 6.53. The van der Waals surface area contributed by atoms with E-state index in [4.69, 9.17) is 4.74 Å². The molecule has 4 aromatic rings. The fourth-order valence-electron chi connectivity index (χ4n) is 3.80. The second kappa shape index (κ2) is 10.1. The number of rotatable bonds is 6.